The second kappa shape index (κ2) is 6.47. The Balaban J connectivity index is 1.76. The molecule has 0 atom stereocenters. The molecule has 126 valence electrons. The van der Waals surface area contributed by atoms with Crippen LogP contribution >= 0.6 is 0 Å². The van der Waals surface area contributed by atoms with Crippen molar-refractivity contribution in [2.45, 2.75) is 33.4 Å². The molecule has 0 saturated carbocycles. The Kier molecular flexibility index (Phi) is 4.01. The van der Waals surface area contributed by atoms with Crippen molar-refractivity contribution in [1.29, 1.82) is 0 Å². The average molecular weight is 332 g/mol. The van der Waals surface area contributed by atoms with Gasteiger partial charge in [-0.05, 0) is 31.5 Å². The van der Waals surface area contributed by atoms with Crippen LogP contribution in [-0.4, -0.2) is 29.1 Å². The van der Waals surface area contributed by atoms with Crippen LogP contribution in [0.15, 0.2) is 49.1 Å². The lowest BCUT2D eigenvalue weighted by molar-refractivity contribution is 0.627. The second-order valence-corrected chi connectivity index (χ2v) is 6.09. The SMILES string of the molecule is CCCn1c(Cn2ccnc2-c2cccc(C)n2)nc2cnccc21. The summed E-state index contributed by atoms with van der Waals surface area (Å²) in [5.74, 6) is 1.87. The van der Waals surface area contributed by atoms with Gasteiger partial charge in [-0.3, -0.25) is 4.98 Å². The van der Waals surface area contributed by atoms with E-state index in [1.165, 1.54) is 0 Å². The van der Waals surface area contributed by atoms with Crippen LogP contribution in [-0.2, 0) is 13.1 Å². The largest absolute Gasteiger partial charge is 0.326 e. The average Bonchev–Trinajstić information content (AvgIpc) is 3.21. The number of nitrogens with zero attached hydrogens (tertiary/aromatic N) is 6. The summed E-state index contributed by atoms with van der Waals surface area (Å²) in [5, 5.41) is 0. The predicted molar refractivity (Wildman–Crippen MR) is 97.1 cm³/mol. The number of aromatic nitrogens is 6. The molecule has 6 heteroatoms. The summed E-state index contributed by atoms with van der Waals surface area (Å²) in [6.07, 6.45) is 8.49. The first kappa shape index (κ1) is 15.5. The minimum Gasteiger partial charge on any atom is -0.326 e. The topological polar surface area (TPSA) is 61.4 Å². The first-order chi connectivity index (χ1) is 12.3. The Bertz CT molecular complexity index is 1010. The van der Waals surface area contributed by atoms with Crippen molar-refractivity contribution in [2.24, 2.45) is 0 Å². The minimum absolute atomic E-state index is 0.652. The summed E-state index contributed by atoms with van der Waals surface area (Å²) in [6, 6.07) is 8.02. The van der Waals surface area contributed by atoms with Crippen LogP contribution in [0.1, 0.15) is 24.9 Å². The van der Waals surface area contributed by atoms with Gasteiger partial charge >= 0.3 is 0 Å². The Morgan fingerprint density at radius 3 is 2.84 bits per heavy atom. The van der Waals surface area contributed by atoms with Crippen molar-refractivity contribution < 1.29 is 0 Å². The highest BCUT2D eigenvalue weighted by Gasteiger charge is 2.14. The third-order valence-electron chi connectivity index (χ3n) is 4.22. The molecule has 0 aliphatic heterocycles. The maximum Gasteiger partial charge on any atom is 0.159 e. The van der Waals surface area contributed by atoms with Crippen molar-refractivity contribution in [2.75, 3.05) is 0 Å². The van der Waals surface area contributed by atoms with Crippen LogP contribution in [0, 0.1) is 6.92 Å². The van der Waals surface area contributed by atoms with Gasteiger partial charge in [0.25, 0.3) is 0 Å². The lowest BCUT2D eigenvalue weighted by atomic mass is 10.3. The van der Waals surface area contributed by atoms with Crippen LogP contribution in [0.5, 0.6) is 0 Å². The number of rotatable bonds is 5. The second-order valence-electron chi connectivity index (χ2n) is 6.09. The fourth-order valence-corrected chi connectivity index (χ4v) is 3.12. The van der Waals surface area contributed by atoms with Crippen LogP contribution in [0.4, 0.5) is 0 Å². The molecule has 0 N–H and O–H groups in total. The van der Waals surface area contributed by atoms with Crippen molar-refractivity contribution in [1.82, 2.24) is 29.1 Å². The van der Waals surface area contributed by atoms with Gasteiger partial charge in [-0.1, -0.05) is 13.0 Å². The molecular weight excluding hydrogens is 312 g/mol. The Labute approximate surface area is 146 Å². The first-order valence-electron chi connectivity index (χ1n) is 8.50. The van der Waals surface area contributed by atoms with E-state index in [0.717, 1.165) is 47.0 Å². The molecule has 0 unspecified atom stereocenters. The van der Waals surface area contributed by atoms with E-state index >= 15 is 0 Å². The van der Waals surface area contributed by atoms with Gasteiger partial charge < -0.3 is 9.13 Å². The zero-order chi connectivity index (χ0) is 17.2. The highest BCUT2D eigenvalue weighted by Crippen LogP contribution is 2.20. The number of hydrogen-bond acceptors (Lipinski definition) is 4. The lowest BCUT2D eigenvalue weighted by Gasteiger charge is -2.10. The molecule has 4 aromatic heterocycles. The predicted octanol–water partition coefficient (Wildman–Crippen LogP) is 3.46. The zero-order valence-corrected chi connectivity index (χ0v) is 14.4. The highest BCUT2D eigenvalue weighted by molar-refractivity contribution is 5.74. The molecule has 0 saturated heterocycles. The van der Waals surface area contributed by atoms with E-state index in [1.54, 1.807) is 0 Å². The molecule has 0 aromatic carbocycles. The summed E-state index contributed by atoms with van der Waals surface area (Å²) in [5.41, 5.74) is 3.92. The van der Waals surface area contributed by atoms with Crippen LogP contribution in [0.25, 0.3) is 22.6 Å². The quantitative estimate of drug-likeness (QED) is 0.561. The monoisotopic (exact) mass is 332 g/mol. The number of imidazole rings is 2. The van der Waals surface area contributed by atoms with Gasteiger partial charge in [0.1, 0.15) is 17.0 Å². The molecule has 0 spiro atoms. The number of aryl methyl sites for hydroxylation is 2. The van der Waals surface area contributed by atoms with Crippen molar-refractivity contribution in [3.8, 4) is 11.5 Å². The summed E-state index contributed by atoms with van der Waals surface area (Å²) in [7, 11) is 0. The molecule has 25 heavy (non-hydrogen) atoms. The fraction of sp³-hybridized carbons (Fsp3) is 0.263. The molecule has 0 radical (unpaired) electrons. The van der Waals surface area contributed by atoms with Gasteiger partial charge in [0.2, 0.25) is 0 Å². The fourth-order valence-electron chi connectivity index (χ4n) is 3.12. The normalized spacial score (nSPS) is 11.3. The Morgan fingerprint density at radius 1 is 1.08 bits per heavy atom. The molecule has 6 nitrogen and oxygen atoms in total. The van der Waals surface area contributed by atoms with E-state index in [2.05, 4.69) is 31.0 Å². The van der Waals surface area contributed by atoms with Gasteiger partial charge in [0.05, 0.1) is 18.3 Å². The minimum atomic E-state index is 0.652. The smallest absolute Gasteiger partial charge is 0.159 e. The van der Waals surface area contributed by atoms with Crippen molar-refractivity contribution in [3.63, 3.8) is 0 Å². The molecule has 0 aliphatic rings. The van der Waals surface area contributed by atoms with Crippen molar-refractivity contribution in [3.05, 3.63) is 60.6 Å². The van der Waals surface area contributed by atoms with Crippen LogP contribution in [0.2, 0.25) is 0 Å². The van der Waals surface area contributed by atoms with Crippen LogP contribution in [0.3, 0.4) is 0 Å². The highest BCUT2D eigenvalue weighted by atomic mass is 15.2. The van der Waals surface area contributed by atoms with Gasteiger partial charge in [0.15, 0.2) is 5.82 Å². The number of fused-ring (bicyclic) bond motifs is 1. The van der Waals surface area contributed by atoms with Gasteiger partial charge in [-0.15, -0.1) is 0 Å². The molecule has 4 rings (SSSR count). The van der Waals surface area contributed by atoms with Gasteiger partial charge in [-0.25, -0.2) is 15.0 Å². The van der Waals surface area contributed by atoms with Crippen molar-refractivity contribution >= 4 is 11.0 Å². The summed E-state index contributed by atoms with van der Waals surface area (Å²) in [4.78, 5) is 18.1. The summed E-state index contributed by atoms with van der Waals surface area (Å²) < 4.78 is 4.37. The van der Waals surface area contributed by atoms with E-state index < -0.39 is 0 Å². The molecule has 0 fully saturated rings. The maximum atomic E-state index is 4.79. The Morgan fingerprint density at radius 2 is 2.00 bits per heavy atom. The molecule has 0 bridgehead atoms. The standard InChI is InChI=1S/C19H20N6/c1-3-10-25-17-7-8-20-12-16(17)23-18(25)13-24-11-9-21-19(24)15-6-4-5-14(2)22-15/h4-9,11-12H,3,10,13H2,1-2H3. The Hall–Kier alpha value is -3.02. The maximum absolute atomic E-state index is 4.79. The van der Waals surface area contributed by atoms with E-state index in [-0.39, 0.29) is 0 Å². The number of hydrogen-bond donors (Lipinski definition) is 0. The van der Waals surface area contributed by atoms with Gasteiger partial charge in [0, 0.05) is 30.8 Å². The van der Waals surface area contributed by atoms with Gasteiger partial charge in [-0.2, -0.15) is 0 Å². The lowest BCUT2D eigenvalue weighted by Crippen LogP contribution is -2.09. The third-order valence-corrected chi connectivity index (χ3v) is 4.22. The van der Waals surface area contributed by atoms with E-state index in [0.29, 0.717) is 6.54 Å². The summed E-state index contributed by atoms with van der Waals surface area (Å²) >= 11 is 0. The first-order valence-corrected chi connectivity index (χ1v) is 8.50. The van der Waals surface area contributed by atoms with E-state index in [9.17, 15) is 0 Å². The van der Waals surface area contributed by atoms with E-state index in [1.807, 2.05) is 56.0 Å². The van der Waals surface area contributed by atoms with Crippen LogP contribution < -0.4 is 0 Å². The molecular formula is C19H20N6. The molecule has 0 amide bonds. The van der Waals surface area contributed by atoms with E-state index in [4.69, 9.17) is 4.98 Å². The molecule has 4 aromatic rings. The molecule has 0 aliphatic carbocycles. The summed E-state index contributed by atoms with van der Waals surface area (Å²) in [6.45, 7) is 5.75. The molecule has 4 heterocycles. The third kappa shape index (κ3) is 2.91. The zero-order valence-electron chi connectivity index (χ0n) is 14.4. The number of pyridine rings is 2.